The molecule has 0 aliphatic carbocycles. The third kappa shape index (κ3) is 2.38. The highest BCUT2D eigenvalue weighted by molar-refractivity contribution is 5.49. The first-order chi connectivity index (χ1) is 10.4. The normalized spacial score (nSPS) is 27.1. The van der Waals surface area contributed by atoms with E-state index in [0.29, 0.717) is 5.92 Å². The van der Waals surface area contributed by atoms with Gasteiger partial charge in [-0.25, -0.2) is 0 Å². The van der Waals surface area contributed by atoms with E-state index in [1.54, 1.807) is 0 Å². The molecule has 2 aromatic rings. The topological polar surface area (TPSA) is 30.5 Å². The second kappa shape index (κ2) is 5.41. The van der Waals surface area contributed by atoms with Crippen molar-refractivity contribution in [1.82, 2.24) is 0 Å². The molecular formula is C18H19NO2. The minimum absolute atomic E-state index is 0.130. The van der Waals surface area contributed by atoms with Gasteiger partial charge in [0.25, 0.3) is 0 Å². The summed E-state index contributed by atoms with van der Waals surface area (Å²) in [5.74, 6) is 1.29. The largest absolute Gasteiger partial charge is 0.464 e. The predicted molar refractivity (Wildman–Crippen MR) is 82.3 cm³/mol. The van der Waals surface area contributed by atoms with E-state index in [2.05, 4.69) is 41.7 Å². The average molecular weight is 281 g/mol. The number of fused-ring (bicyclic) bond motifs is 2. The monoisotopic (exact) mass is 281 g/mol. The maximum atomic E-state index is 6.04. The Morgan fingerprint density at radius 1 is 0.952 bits per heavy atom. The second-order valence-corrected chi connectivity index (χ2v) is 5.69. The lowest BCUT2D eigenvalue weighted by atomic mass is 9.85. The third-order valence-corrected chi connectivity index (χ3v) is 4.33. The van der Waals surface area contributed by atoms with E-state index in [9.17, 15) is 0 Å². The molecule has 0 amide bonds. The first-order valence-electron chi connectivity index (χ1n) is 7.60. The highest BCUT2D eigenvalue weighted by atomic mass is 16.7. The Balaban J connectivity index is 1.71. The van der Waals surface area contributed by atoms with Crippen LogP contribution in [0, 0.1) is 5.92 Å². The number of hydrogen-bond donors (Lipinski definition) is 1. The van der Waals surface area contributed by atoms with Gasteiger partial charge in [-0.2, -0.15) is 0 Å². The van der Waals surface area contributed by atoms with Gasteiger partial charge in [0.05, 0.1) is 12.6 Å². The van der Waals surface area contributed by atoms with Crippen molar-refractivity contribution in [3.8, 4) is 5.75 Å². The van der Waals surface area contributed by atoms with Gasteiger partial charge >= 0.3 is 0 Å². The fourth-order valence-corrected chi connectivity index (χ4v) is 3.32. The number of anilines is 1. The lowest BCUT2D eigenvalue weighted by Gasteiger charge is -2.42. The van der Waals surface area contributed by atoms with Crippen LogP contribution in [-0.2, 0) is 4.74 Å². The van der Waals surface area contributed by atoms with E-state index < -0.39 is 0 Å². The fraction of sp³-hybridized carbons (Fsp3) is 0.333. The standard InChI is InChI=1S/C18H19NO2/c1-2-7-13(8-3-1)19-17-14-9-4-5-11-16(14)21-18-15(17)10-6-12-20-18/h1-5,7-9,11,15,17-19H,6,10,12H2/t15?,17-,18-/m0/s1. The molecule has 1 N–H and O–H groups in total. The quantitative estimate of drug-likeness (QED) is 0.903. The highest BCUT2D eigenvalue weighted by Gasteiger charge is 2.40. The average Bonchev–Trinajstić information content (AvgIpc) is 2.55. The Bertz CT molecular complexity index is 614. The summed E-state index contributed by atoms with van der Waals surface area (Å²) in [6.07, 6.45) is 2.10. The summed E-state index contributed by atoms with van der Waals surface area (Å²) in [7, 11) is 0. The zero-order valence-corrected chi connectivity index (χ0v) is 11.9. The summed E-state index contributed by atoms with van der Waals surface area (Å²) < 4.78 is 11.9. The van der Waals surface area contributed by atoms with Crippen LogP contribution in [0.2, 0.25) is 0 Å². The van der Waals surface area contributed by atoms with Crippen LogP contribution in [0.5, 0.6) is 5.75 Å². The van der Waals surface area contributed by atoms with Crippen LogP contribution < -0.4 is 10.1 Å². The molecule has 2 aliphatic heterocycles. The molecule has 0 aromatic heterocycles. The molecule has 2 heterocycles. The highest BCUT2D eigenvalue weighted by Crippen LogP contribution is 2.44. The summed E-state index contributed by atoms with van der Waals surface area (Å²) in [5, 5.41) is 3.68. The van der Waals surface area contributed by atoms with E-state index in [1.165, 1.54) is 5.56 Å². The zero-order chi connectivity index (χ0) is 14.1. The molecule has 0 radical (unpaired) electrons. The minimum Gasteiger partial charge on any atom is -0.464 e. The van der Waals surface area contributed by atoms with Crippen molar-refractivity contribution in [2.75, 3.05) is 11.9 Å². The van der Waals surface area contributed by atoms with Gasteiger partial charge in [0.1, 0.15) is 5.75 Å². The van der Waals surface area contributed by atoms with Crippen molar-refractivity contribution in [3.63, 3.8) is 0 Å². The molecule has 3 atom stereocenters. The van der Waals surface area contributed by atoms with Gasteiger partial charge < -0.3 is 14.8 Å². The van der Waals surface area contributed by atoms with Crippen LogP contribution in [0.3, 0.4) is 0 Å². The smallest absolute Gasteiger partial charge is 0.204 e. The first-order valence-corrected chi connectivity index (χ1v) is 7.60. The molecule has 3 nitrogen and oxygen atoms in total. The Morgan fingerprint density at radius 2 is 1.76 bits per heavy atom. The summed E-state index contributed by atoms with van der Waals surface area (Å²) in [4.78, 5) is 0. The second-order valence-electron chi connectivity index (χ2n) is 5.69. The van der Waals surface area contributed by atoms with Crippen molar-refractivity contribution in [3.05, 3.63) is 60.2 Å². The van der Waals surface area contributed by atoms with Gasteiger partial charge in [-0.15, -0.1) is 0 Å². The zero-order valence-electron chi connectivity index (χ0n) is 11.9. The summed E-state index contributed by atoms with van der Waals surface area (Å²) >= 11 is 0. The summed E-state index contributed by atoms with van der Waals surface area (Å²) in [6, 6.07) is 18.9. The number of benzene rings is 2. The SMILES string of the molecule is c1ccc(N[C@H]2c3ccccc3O[C@@H]3OCCCC32)cc1. The number of hydrogen-bond acceptors (Lipinski definition) is 3. The molecule has 21 heavy (non-hydrogen) atoms. The molecule has 3 heteroatoms. The van der Waals surface area contributed by atoms with Gasteiger partial charge in [0.2, 0.25) is 6.29 Å². The molecule has 2 aromatic carbocycles. The summed E-state index contributed by atoms with van der Waals surface area (Å²) in [5.41, 5.74) is 2.37. The molecule has 1 unspecified atom stereocenters. The van der Waals surface area contributed by atoms with Crippen LogP contribution >= 0.6 is 0 Å². The number of rotatable bonds is 2. The maximum Gasteiger partial charge on any atom is 0.204 e. The minimum atomic E-state index is -0.130. The number of para-hydroxylation sites is 2. The fourth-order valence-electron chi connectivity index (χ4n) is 3.32. The number of ether oxygens (including phenoxy) is 2. The molecule has 1 saturated heterocycles. The van der Waals surface area contributed by atoms with E-state index >= 15 is 0 Å². The van der Waals surface area contributed by atoms with Crippen molar-refractivity contribution < 1.29 is 9.47 Å². The maximum absolute atomic E-state index is 6.04. The van der Waals surface area contributed by atoms with Crippen molar-refractivity contribution in [1.29, 1.82) is 0 Å². The Kier molecular flexibility index (Phi) is 3.28. The lowest BCUT2D eigenvalue weighted by molar-refractivity contribution is -0.154. The van der Waals surface area contributed by atoms with E-state index in [1.807, 2.05) is 18.2 Å². The van der Waals surface area contributed by atoms with Gasteiger partial charge in [0, 0.05) is 17.2 Å². The first kappa shape index (κ1) is 12.7. The predicted octanol–water partition coefficient (Wildman–Crippen LogP) is 3.98. The molecule has 0 spiro atoms. The van der Waals surface area contributed by atoms with Gasteiger partial charge in [-0.3, -0.25) is 0 Å². The van der Waals surface area contributed by atoms with Crippen LogP contribution in [0.1, 0.15) is 24.4 Å². The van der Waals surface area contributed by atoms with E-state index in [0.717, 1.165) is 30.9 Å². The van der Waals surface area contributed by atoms with Crippen LogP contribution in [0.15, 0.2) is 54.6 Å². The third-order valence-electron chi connectivity index (χ3n) is 4.33. The Hall–Kier alpha value is -2.00. The molecule has 1 fully saturated rings. The van der Waals surface area contributed by atoms with Gasteiger partial charge in [-0.1, -0.05) is 36.4 Å². The van der Waals surface area contributed by atoms with Crippen molar-refractivity contribution in [2.45, 2.75) is 25.2 Å². The Morgan fingerprint density at radius 3 is 2.67 bits per heavy atom. The van der Waals surface area contributed by atoms with E-state index in [4.69, 9.17) is 9.47 Å². The molecule has 0 saturated carbocycles. The molecule has 4 rings (SSSR count). The van der Waals surface area contributed by atoms with Crippen LogP contribution in [0.4, 0.5) is 5.69 Å². The molecular weight excluding hydrogens is 262 g/mol. The lowest BCUT2D eigenvalue weighted by Crippen LogP contribution is -2.43. The molecule has 2 aliphatic rings. The molecule has 0 bridgehead atoms. The van der Waals surface area contributed by atoms with Gasteiger partial charge in [-0.05, 0) is 31.0 Å². The molecule has 108 valence electrons. The number of nitrogens with one attached hydrogen (secondary N) is 1. The van der Waals surface area contributed by atoms with Crippen molar-refractivity contribution >= 4 is 5.69 Å². The van der Waals surface area contributed by atoms with Crippen LogP contribution in [-0.4, -0.2) is 12.9 Å². The van der Waals surface area contributed by atoms with Crippen LogP contribution in [0.25, 0.3) is 0 Å². The van der Waals surface area contributed by atoms with Gasteiger partial charge in [0.15, 0.2) is 0 Å². The van der Waals surface area contributed by atoms with Crippen molar-refractivity contribution in [2.24, 2.45) is 5.92 Å². The Labute approximate surface area is 124 Å². The van der Waals surface area contributed by atoms with E-state index in [-0.39, 0.29) is 12.3 Å². The summed E-state index contributed by atoms with van der Waals surface area (Å²) in [6.45, 7) is 0.793.